The van der Waals surface area contributed by atoms with Gasteiger partial charge in [0.1, 0.15) is 0 Å². The van der Waals surface area contributed by atoms with E-state index < -0.39 is 30.2 Å². The normalized spacial score (nSPS) is 25.1. The number of aliphatic carboxylic acids is 1. The summed E-state index contributed by atoms with van der Waals surface area (Å²) < 4.78 is 0. The quantitative estimate of drug-likeness (QED) is 0.151. The molecule has 0 aromatic carbocycles. The average molecular weight is 476 g/mol. The van der Waals surface area contributed by atoms with Crippen LogP contribution in [0, 0.1) is 17.8 Å². The van der Waals surface area contributed by atoms with Gasteiger partial charge in [-0.1, -0.05) is 64.3 Å². The fourth-order valence-corrected chi connectivity index (χ4v) is 4.59. The largest absolute Gasteiger partial charge is 1.00 e. The maximum Gasteiger partial charge on any atom is 1.00 e. The number of aliphatic hydroxyl groups excluding tert-OH is 3. The van der Waals surface area contributed by atoms with E-state index in [2.05, 4.69) is 25.7 Å². The standard InChI is InChI=1S/C26H47NO5.Na/c1-4-7-9-13-21(28)15-16-23-22(24(29)19-25(23)30)14-11-8-10-12-20(26(31)32)17-18-27(5-2)6-3;/h8,11,15-16,20-25,28-30H,4-7,9-10,12-14,17-19H2,1-3H3,(H,31,32);/q;+1/p-1/t20?,21?,22-,23-,24?,25?;/m1./s1. The molecule has 1 aliphatic rings. The van der Waals surface area contributed by atoms with Crippen LogP contribution in [0.1, 0.15) is 78.6 Å². The molecule has 0 spiro atoms. The van der Waals surface area contributed by atoms with Gasteiger partial charge in [-0.05, 0) is 57.7 Å². The van der Waals surface area contributed by atoms with Crippen molar-refractivity contribution in [3.63, 3.8) is 0 Å². The first-order valence-corrected chi connectivity index (χ1v) is 12.6. The number of hydrogen-bond acceptors (Lipinski definition) is 6. The minimum atomic E-state index is -0.984. The Labute approximate surface area is 223 Å². The number of unbranched alkanes of at least 4 members (excludes halogenated alkanes) is 2. The van der Waals surface area contributed by atoms with E-state index in [4.69, 9.17) is 0 Å². The number of allylic oxidation sites excluding steroid dienone is 2. The van der Waals surface area contributed by atoms with Crippen molar-refractivity contribution in [2.45, 2.75) is 96.9 Å². The van der Waals surface area contributed by atoms with Gasteiger partial charge < -0.3 is 30.1 Å². The van der Waals surface area contributed by atoms with Crippen LogP contribution in [-0.2, 0) is 4.79 Å². The predicted molar refractivity (Wildman–Crippen MR) is 127 cm³/mol. The number of carbonyl (C=O) groups excluding carboxylic acids is 1. The zero-order valence-corrected chi connectivity index (χ0v) is 23.4. The third kappa shape index (κ3) is 12.9. The molecule has 1 aliphatic carbocycles. The minimum absolute atomic E-state index is 0. The number of carbonyl (C=O) groups is 1. The van der Waals surface area contributed by atoms with Crippen molar-refractivity contribution < 1.29 is 54.8 Å². The van der Waals surface area contributed by atoms with Gasteiger partial charge in [0.2, 0.25) is 0 Å². The first-order chi connectivity index (χ1) is 15.3. The van der Waals surface area contributed by atoms with Gasteiger partial charge in [0.15, 0.2) is 0 Å². The van der Waals surface area contributed by atoms with E-state index in [-0.39, 0.29) is 41.4 Å². The summed E-state index contributed by atoms with van der Waals surface area (Å²) >= 11 is 0. The van der Waals surface area contributed by atoms with E-state index in [1.807, 2.05) is 18.2 Å². The molecule has 4 unspecified atom stereocenters. The van der Waals surface area contributed by atoms with Crippen molar-refractivity contribution in [2.24, 2.45) is 17.8 Å². The van der Waals surface area contributed by atoms with Gasteiger partial charge >= 0.3 is 29.6 Å². The van der Waals surface area contributed by atoms with Gasteiger partial charge in [0, 0.05) is 24.2 Å². The van der Waals surface area contributed by atoms with E-state index in [0.717, 1.165) is 38.9 Å². The molecular weight excluding hydrogens is 429 g/mol. The van der Waals surface area contributed by atoms with Crippen LogP contribution in [0.4, 0.5) is 0 Å². The van der Waals surface area contributed by atoms with Crippen LogP contribution < -0.4 is 34.7 Å². The van der Waals surface area contributed by atoms with Crippen LogP contribution in [-0.4, -0.2) is 64.1 Å². The van der Waals surface area contributed by atoms with Crippen LogP contribution >= 0.6 is 0 Å². The monoisotopic (exact) mass is 475 g/mol. The van der Waals surface area contributed by atoms with Crippen LogP contribution in [0.2, 0.25) is 0 Å². The maximum absolute atomic E-state index is 11.5. The number of hydrogen-bond donors (Lipinski definition) is 3. The molecule has 7 heteroatoms. The Kier molecular flexibility index (Phi) is 18.9. The molecule has 0 saturated heterocycles. The molecule has 0 bridgehead atoms. The molecule has 1 rings (SSSR count). The van der Waals surface area contributed by atoms with E-state index in [0.29, 0.717) is 38.5 Å². The van der Waals surface area contributed by atoms with Gasteiger partial charge in [0.25, 0.3) is 0 Å². The maximum atomic E-state index is 11.5. The summed E-state index contributed by atoms with van der Waals surface area (Å²) in [6, 6.07) is 0. The van der Waals surface area contributed by atoms with Crippen molar-refractivity contribution in [1.29, 1.82) is 0 Å². The second-order valence-electron chi connectivity index (χ2n) is 9.18. The summed E-state index contributed by atoms with van der Waals surface area (Å²) in [6.07, 6.45) is 12.6. The van der Waals surface area contributed by atoms with Crippen LogP contribution in [0.15, 0.2) is 24.3 Å². The smallest absolute Gasteiger partial charge is 0.550 e. The van der Waals surface area contributed by atoms with Crippen molar-refractivity contribution in [2.75, 3.05) is 19.6 Å². The van der Waals surface area contributed by atoms with Gasteiger partial charge in [-0.15, -0.1) is 0 Å². The number of nitrogens with zero attached hydrogens (tertiary/aromatic N) is 1. The molecule has 6 nitrogen and oxygen atoms in total. The van der Waals surface area contributed by atoms with Gasteiger partial charge in [-0.2, -0.15) is 0 Å². The van der Waals surface area contributed by atoms with Gasteiger partial charge in [0.05, 0.1) is 18.3 Å². The van der Waals surface area contributed by atoms with Crippen LogP contribution in [0.5, 0.6) is 0 Å². The van der Waals surface area contributed by atoms with Crippen LogP contribution in [0.3, 0.4) is 0 Å². The summed E-state index contributed by atoms with van der Waals surface area (Å²) in [5.74, 6) is -1.72. The Morgan fingerprint density at radius 1 is 1.06 bits per heavy atom. The van der Waals surface area contributed by atoms with Crippen LogP contribution in [0.25, 0.3) is 0 Å². The summed E-state index contributed by atoms with van der Waals surface area (Å²) in [6.45, 7) is 8.87. The Bertz CT molecular complexity index is 567. The van der Waals surface area contributed by atoms with Gasteiger partial charge in [-0.3, -0.25) is 0 Å². The van der Waals surface area contributed by atoms with E-state index in [9.17, 15) is 25.2 Å². The number of rotatable bonds is 17. The topological polar surface area (TPSA) is 104 Å². The van der Waals surface area contributed by atoms with E-state index >= 15 is 0 Å². The summed E-state index contributed by atoms with van der Waals surface area (Å²) in [7, 11) is 0. The Hall–Kier alpha value is -0.210. The molecule has 0 heterocycles. The van der Waals surface area contributed by atoms with E-state index in [1.54, 1.807) is 6.08 Å². The zero-order chi connectivity index (χ0) is 23.9. The van der Waals surface area contributed by atoms with Crippen molar-refractivity contribution >= 4 is 5.97 Å². The fraction of sp³-hybridized carbons (Fsp3) is 0.808. The Morgan fingerprint density at radius 2 is 1.76 bits per heavy atom. The molecule has 33 heavy (non-hydrogen) atoms. The molecule has 0 radical (unpaired) electrons. The first-order valence-electron chi connectivity index (χ1n) is 12.6. The summed E-state index contributed by atoms with van der Waals surface area (Å²) in [4.78, 5) is 13.7. The number of aliphatic hydroxyl groups is 3. The Morgan fingerprint density at radius 3 is 2.36 bits per heavy atom. The summed E-state index contributed by atoms with van der Waals surface area (Å²) in [5, 5.41) is 42.3. The number of carboxylic acids is 1. The van der Waals surface area contributed by atoms with Crippen molar-refractivity contribution in [1.82, 2.24) is 4.90 Å². The SMILES string of the molecule is CCCCCC(O)C=C[C@H]1C(O)CC(O)[C@@H]1CC=CCCC(CCN(CC)CC)C(=O)[O-].[Na+]. The molecule has 186 valence electrons. The first kappa shape index (κ1) is 32.8. The number of carboxylic acid groups (broad SMARTS) is 1. The van der Waals surface area contributed by atoms with Gasteiger partial charge in [-0.25, -0.2) is 0 Å². The Balaban J connectivity index is 0.0000102. The second kappa shape index (κ2) is 19.0. The minimum Gasteiger partial charge on any atom is -0.550 e. The van der Waals surface area contributed by atoms with Crippen molar-refractivity contribution in [3.8, 4) is 0 Å². The second-order valence-corrected chi connectivity index (χ2v) is 9.18. The third-order valence-electron chi connectivity index (χ3n) is 6.85. The molecule has 3 N–H and O–H groups in total. The molecule has 0 aliphatic heterocycles. The molecule has 0 aromatic heterocycles. The van der Waals surface area contributed by atoms with E-state index in [1.165, 1.54) is 0 Å². The molecule has 0 aromatic rings. The molecule has 1 saturated carbocycles. The molecule has 6 atom stereocenters. The summed E-state index contributed by atoms with van der Waals surface area (Å²) in [5.41, 5.74) is 0. The molecule has 1 fully saturated rings. The third-order valence-corrected chi connectivity index (χ3v) is 6.85. The zero-order valence-electron chi connectivity index (χ0n) is 21.4. The fourth-order valence-electron chi connectivity index (χ4n) is 4.59. The molecule has 0 amide bonds. The average Bonchev–Trinajstić information content (AvgIpc) is 3.03. The molecular formula is C26H46NNaO5. The van der Waals surface area contributed by atoms with Crippen molar-refractivity contribution in [3.05, 3.63) is 24.3 Å². The predicted octanol–water partition coefficient (Wildman–Crippen LogP) is -0.330.